The molecule has 0 fully saturated rings. The summed E-state index contributed by atoms with van der Waals surface area (Å²) in [6, 6.07) is 19.8. The Kier molecular flexibility index (Phi) is 38.5. The molecule has 1 aliphatic heterocycles. The number of nitrogens with two attached hydrogens (primary N) is 2. The number of aryl methyl sites for hydroxylation is 1. The van der Waals surface area contributed by atoms with Gasteiger partial charge in [0.05, 0.1) is 74.1 Å². The molecule has 0 spiro atoms. The van der Waals surface area contributed by atoms with Crippen LogP contribution in [0.5, 0.6) is 0 Å². The Morgan fingerprint density at radius 3 is 1.34 bits per heavy atom. The molecule has 4 aromatic carbocycles. The number of esters is 3. The van der Waals surface area contributed by atoms with E-state index in [4.69, 9.17) is 214 Å². The average Bonchev–Trinajstić information content (AvgIpc) is 1.58. The Morgan fingerprint density at radius 2 is 0.937 bits per heavy atom. The fourth-order valence-corrected chi connectivity index (χ4v) is 16.4. The summed E-state index contributed by atoms with van der Waals surface area (Å²) in [6.45, 7) is 3.28. The molecule has 0 atom stereocenters. The number of benzene rings is 4. The van der Waals surface area contributed by atoms with E-state index in [0.717, 1.165) is 50.3 Å². The summed E-state index contributed by atoms with van der Waals surface area (Å²) in [4.78, 5) is 59.2. The SMILES string of the molecule is COC(=O)Nc1cc(C(=O)OC)c2c(c1)N(Cc1cnc[nH]1)CC2.COC(=O)c1cc(N)cc2[nH]ccc12.COC(=O)c1cc(N)cc2c1ccn2S(=O)(=O)c1ccc(C)cc1.[B][B]B(B([B])[B])B(B([B])[B])B(B(B([B])[B])B([B])[B])B(B(B(B([B])[B])B([B])[B])B(B([B])[B])B([B])[B])B(B(B([B])[B])B([B])[B])B(B([B])[B])B([B])[B]. The predicted octanol–water partition coefficient (Wildman–Crippen LogP) is -12.6. The zero-order valence-electron chi connectivity index (χ0n) is 62.6. The van der Waals surface area contributed by atoms with Gasteiger partial charge in [-0.15, -0.1) is 0 Å². The van der Waals surface area contributed by atoms with Gasteiger partial charge < -0.3 is 45.3 Å². The highest BCUT2D eigenvalue weighted by atomic mass is 32.2. The van der Waals surface area contributed by atoms with E-state index in [-0.39, 0.29) is 22.1 Å². The fraction of sp³-hybridized carbons (Fsp3) is 0.186. The number of imidazole rings is 1. The molecular formula is C43H44B49N8O10S. The molecule has 0 unspecified atom stereocenters. The maximum atomic E-state index is 12.9. The van der Waals surface area contributed by atoms with Gasteiger partial charge in [-0.3, -0.25) is 5.32 Å². The lowest BCUT2D eigenvalue weighted by atomic mass is 8.25. The fourth-order valence-electron chi connectivity index (χ4n) is 15.1. The summed E-state index contributed by atoms with van der Waals surface area (Å²) in [5.74, 6) is -1.37. The second kappa shape index (κ2) is 44.1. The zero-order chi connectivity index (χ0) is 83.7. The highest BCUT2D eigenvalue weighted by Crippen LogP contribution is 2.36. The number of fused-ring (bicyclic) bond motifs is 3. The van der Waals surface area contributed by atoms with Crippen LogP contribution in [0.2, 0.25) is 0 Å². The Morgan fingerprint density at radius 1 is 0.514 bits per heavy atom. The number of amides is 1. The highest BCUT2D eigenvalue weighted by Gasteiger charge is 2.60. The highest BCUT2D eigenvalue weighted by molar-refractivity contribution is 8.35. The summed E-state index contributed by atoms with van der Waals surface area (Å²) >= 11 is 0. The number of nitrogen functional groups attached to an aromatic ring is 2. The third kappa shape index (κ3) is 24.5. The number of aromatic nitrogens is 4. The monoisotopic (exact) mass is 1400 g/mol. The summed E-state index contributed by atoms with van der Waals surface area (Å²) in [5, 5.41) is 3.89. The van der Waals surface area contributed by atoms with Crippen molar-refractivity contribution in [3.05, 3.63) is 131 Å². The van der Waals surface area contributed by atoms with Crippen molar-refractivity contribution in [2.24, 2.45) is 0 Å². The van der Waals surface area contributed by atoms with Crippen LogP contribution in [0.1, 0.15) is 47.9 Å². The van der Waals surface area contributed by atoms with Crippen molar-refractivity contribution in [1.82, 2.24) is 18.9 Å². The summed E-state index contributed by atoms with van der Waals surface area (Å²) in [7, 11) is 163. The van der Waals surface area contributed by atoms with Gasteiger partial charge in [-0.05, 0) is 79.6 Å². The normalized spacial score (nSPS) is 10.8. The number of methoxy groups -OCH3 is 4. The molecule has 8 rings (SSSR count). The number of nitrogens with zero attached hydrogens (tertiary/aromatic N) is 3. The molecule has 469 valence electrons. The number of hydrogen-bond donors (Lipinski definition) is 5. The first kappa shape index (κ1) is 97.0. The number of rotatable bonds is 31. The number of carbonyl (C=O) groups excluding carboxylic acids is 4. The standard InChI is InChI=1S/C17H16N2O4S.C16H18N4O4.C10H10N2O2.B49/c1-11-3-5-13(6-4-11)24(21,22)19-8-7-14-15(17(20)23-2)9-12(18)10-16(14)19;1-23-15(21)13-5-10(19-16(22)24-2)6-14-12(13)3-4-20(14)8-11-7-17-9-18-11;1-14-10(13)8-4-6(11)5-9-7(8)2-3-12-9;1-26-39(27(2)3)45(38(24)25)48(44(36(20)21)37(22)23)49(46(40(28(4)5)29(6)7)41(30(8)9)31(10)11)47(42(32(12)13)33(14)15)43(34(16)17)35(18)19/h3-10H,18H2,1-2H3;5-7,9H,3-4,8H2,1-2H3,(H,17,18)(H,19,22);2-5,12H,11H2,1H3;. The van der Waals surface area contributed by atoms with Gasteiger partial charge in [0, 0.05) is 412 Å². The molecule has 0 saturated carbocycles. The molecule has 68 heteroatoms. The molecule has 18 nitrogen and oxygen atoms in total. The lowest BCUT2D eigenvalue weighted by Crippen LogP contribution is -2.95. The molecule has 4 heterocycles. The minimum atomic E-state index is -3.80. The summed E-state index contributed by atoms with van der Waals surface area (Å²) in [5.41, 5.74) is 18.9. The molecule has 0 bridgehead atoms. The molecule has 7 aromatic rings. The first-order valence-electron chi connectivity index (χ1n) is 34.8. The van der Waals surface area contributed by atoms with Crippen LogP contribution in [0, 0.1) is 6.92 Å². The molecule has 0 saturated heterocycles. The maximum Gasteiger partial charge on any atom is 0.411 e. The van der Waals surface area contributed by atoms with Gasteiger partial charge >= 0.3 is 24.0 Å². The van der Waals surface area contributed by atoms with Crippen LogP contribution in [-0.2, 0) is 41.9 Å². The number of H-pyrrole nitrogens is 2. The van der Waals surface area contributed by atoms with E-state index >= 15 is 0 Å². The van der Waals surface area contributed by atoms with Gasteiger partial charge in [0.1, 0.15) is 0 Å². The Bertz CT molecular complexity index is 4150. The maximum absolute atomic E-state index is 12.9. The summed E-state index contributed by atoms with van der Waals surface area (Å²) < 4.78 is 45.8. The zero-order valence-corrected chi connectivity index (χ0v) is 63.5. The average molecular weight is 1390 g/mol. The molecule has 3 aromatic heterocycles. The number of hydrogen-bond acceptors (Lipinski definition) is 14. The minimum Gasteiger partial charge on any atom is -0.465 e. The van der Waals surface area contributed by atoms with Gasteiger partial charge in [0.15, 0.2) is 0 Å². The Balaban J connectivity index is 0.000000293. The lowest BCUT2D eigenvalue weighted by Gasteiger charge is -2.56. The van der Waals surface area contributed by atoms with Crippen molar-refractivity contribution < 1.29 is 46.5 Å². The van der Waals surface area contributed by atoms with E-state index in [1.807, 2.05) is 19.1 Å². The quantitative estimate of drug-likeness (QED) is 0.0117. The number of ether oxygens (including phenoxy) is 4. The van der Waals surface area contributed by atoms with Crippen LogP contribution in [0.4, 0.5) is 27.5 Å². The van der Waals surface area contributed by atoms with Crippen molar-refractivity contribution in [1.29, 1.82) is 0 Å². The predicted molar refractivity (Wildman–Crippen MR) is 515 cm³/mol. The van der Waals surface area contributed by atoms with E-state index in [2.05, 4.69) is 34.6 Å². The second-order valence-corrected chi connectivity index (χ2v) is 29.1. The van der Waals surface area contributed by atoms with Crippen molar-refractivity contribution >= 4 is 426 Å². The van der Waals surface area contributed by atoms with Gasteiger partial charge in [-0.2, -0.15) is 0 Å². The lowest BCUT2D eigenvalue weighted by molar-refractivity contribution is 0.0592. The van der Waals surface area contributed by atoms with Gasteiger partial charge in [0.2, 0.25) is 0 Å². The Hall–Kier alpha value is -4.62. The molecule has 51 radical (unpaired) electrons. The van der Waals surface area contributed by atoms with Crippen LogP contribution in [-0.4, -0.2) is 434 Å². The second-order valence-electron chi connectivity index (χ2n) is 27.3. The molecule has 111 heavy (non-hydrogen) atoms. The molecule has 7 N–H and O–H groups in total. The third-order valence-electron chi connectivity index (χ3n) is 19.8. The van der Waals surface area contributed by atoms with Crippen LogP contribution < -0.4 is 21.7 Å². The first-order valence-corrected chi connectivity index (χ1v) is 36.2. The third-order valence-corrected chi connectivity index (χ3v) is 21.5. The van der Waals surface area contributed by atoms with Crippen molar-refractivity contribution in [3.63, 3.8) is 0 Å². The largest absolute Gasteiger partial charge is 0.465 e. The molecule has 0 aliphatic carbocycles. The number of aromatic amines is 2. The minimum absolute atomic E-state index is 0.160. The first-order chi connectivity index (χ1) is 52.0. The number of anilines is 4. The van der Waals surface area contributed by atoms with Crippen LogP contribution in [0.25, 0.3) is 21.8 Å². The Labute approximate surface area is 698 Å². The van der Waals surface area contributed by atoms with Crippen LogP contribution >= 0.6 is 0 Å². The van der Waals surface area contributed by atoms with Crippen molar-refractivity contribution in [2.45, 2.75) is 24.8 Å². The molecular weight excluding hydrogens is 1350 g/mol. The topological polar surface area (TPSA) is 256 Å². The smallest absolute Gasteiger partial charge is 0.411 e. The molecule has 1 amide bonds. The van der Waals surface area contributed by atoms with E-state index in [9.17, 15) is 27.6 Å². The van der Waals surface area contributed by atoms with Crippen LogP contribution in [0.15, 0.2) is 103 Å². The van der Waals surface area contributed by atoms with Crippen molar-refractivity contribution in [2.75, 3.05) is 56.7 Å². The number of carbonyl (C=O) groups is 4. The van der Waals surface area contributed by atoms with Crippen molar-refractivity contribution in [3.8, 4) is 0 Å². The van der Waals surface area contributed by atoms with E-state index in [1.165, 1.54) is 53.8 Å². The van der Waals surface area contributed by atoms with Gasteiger partial charge in [0.25, 0.3) is 10.0 Å². The van der Waals surface area contributed by atoms with Gasteiger partial charge in [-0.25, -0.2) is 36.6 Å². The number of nitrogens with one attached hydrogen (secondary N) is 3. The van der Waals surface area contributed by atoms with E-state index in [1.54, 1.807) is 67.3 Å². The summed E-state index contributed by atoms with van der Waals surface area (Å²) in [6.07, 6.45) is -22.0. The molecule has 1 aliphatic rings. The van der Waals surface area contributed by atoms with Crippen LogP contribution in [0.3, 0.4) is 0 Å². The van der Waals surface area contributed by atoms with E-state index < -0.39 is 175 Å². The van der Waals surface area contributed by atoms with Gasteiger partial charge in [-0.1, -0.05) is 17.7 Å². The van der Waals surface area contributed by atoms with E-state index in [0.29, 0.717) is 39.9 Å².